The summed E-state index contributed by atoms with van der Waals surface area (Å²) in [5.41, 5.74) is -0.471. The number of fused-ring (bicyclic) bond motifs is 2. The molecule has 2 N–H and O–H groups in total. The molecule has 3 aliphatic rings. The Bertz CT molecular complexity index is 1170. The maximum atomic E-state index is 13.9. The molecule has 6 atom stereocenters. The van der Waals surface area contributed by atoms with Crippen LogP contribution < -0.4 is 5.32 Å². The zero-order valence-electron chi connectivity index (χ0n) is 20.2. The molecule has 3 unspecified atom stereocenters. The van der Waals surface area contributed by atoms with E-state index < -0.39 is 35.6 Å². The van der Waals surface area contributed by atoms with E-state index in [4.69, 9.17) is 14.6 Å². The molecule has 8 nitrogen and oxygen atoms in total. The first-order valence-electron chi connectivity index (χ1n) is 12.6. The number of benzene rings is 2. The Balaban J connectivity index is 1.47. The van der Waals surface area contributed by atoms with E-state index in [9.17, 15) is 14.4 Å². The van der Waals surface area contributed by atoms with Gasteiger partial charge in [-0.1, -0.05) is 46.3 Å². The van der Waals surface area contributed by atoms with Gasteiger partial charge in [0.1, 0.15) is 11.6 Å². The summed E-state index contributed by atoms with van der Waals surface area (Å²) in [6.45, 7) is 2.37. The second kappa shape index (κ2) is 10.1. The number of anilines is 1. The lowest BCUT2D eigenvalue weighted by Crippen LogP contribution is -2.54. The fourth-order valence-electron chi connectivity index (χ4n) is 6.23. The van der Waals surface area contributed by atoms with Gasteiger partial charge in [0.25, 0.3) is 0 Å². The number of aliphatic hydroxyl groups is 1. The predicted molar refractivity (Wildman–Crippen MR) is 138 cm³/mol. The van der Waals surface area contributed by atoms with Crippen molar-refractivity contribution < 1.29 is 29.0 Å². The highest BCUT2D eigenvalue weighted by Gasteiger charge is 2.76. The van der Waals surface area contributed by atoms with Gasteiger partial charge in [0.05, 0.1) is 24.5 Å². The summed E-state index contributed by atoms with van der Waals surface area (Å²) in [5, 5.41) is 14.2. The van der Waals surface area contributed by atoms with Crippen molar-refractivity contribution in [3.63, 3.8) is 0 Å². The number of carbonyl (C=O) groups excluding carboxylic acids is 3. The van der Waals surface area contributed by atoms with E-state index in [1.807, 2.05) is 42.5 Å². The van der Waals surface area contributed by atoms with E-state index in [-0.39, 0.29) is 29.9 Å². The monoisotopic (exact) mass is 558 g/mol. The summed E-state index contributed by atoms with van der Waals surface area (Å²) in [6.07, 6.45) is 1.92. The molecule has 192 valence electrons. The molecule has 9 heteroatoms. The first-order valence-corrected chi connectivity index (χ1v) is 13.5. The smallest absolute Gasteiger partial charge is 0.312 e. The minimum absolute atomic E-state index is 0.0768. The highest BCUT2D eigenvalue weighted by Crippen LogP contribution is 2.60. The predicted octanol–water partition coefficient (Wildman–Crippen LogP) is 3.25. The van der Waals surface area contributed by atoms with Crippen molar-refractivity contribution in [2.24, 2.45) is 11.8 Å². The summed E-state index contributed by atoms with van der Waals surface area (Å²) in [6, 6.07) is 12.7. The lowest BCUT2D eigenvalue weighted by Gasteiger charge is -2.34. The van der Waals surface area contributed by atoms with Crippen molar-refractivity contribution in [3.8, 4) is 0 Å². The molecule has 2 aromatic carbocycles. The highest BCUT2D eigenvalue weighted by atomic mass is 79.9. The average molecular weight is 559 g/mol. The molecule has 2 bridgehead atoms. The normalized spacial score (nSPS) is 30.6. The van der Waals surface area contributed by atoms with Gasteiger partial charge in [-0.25, -0.2) is 0 Å². The van der Waals surface area contributed by atoms with Crippen LogP contribution in [-0.2, 0) is 23.9 Å². The second-order valence-corrected chi connectivity index (χ2v) is 11.0. The van der Waals surface area contributed by atoms with Crippen LogP contribution in [0.25, 0.3) is 10.8 Å². The molecule has 2 aromatic rings. The van der Waals surface area contributed by atoms with E-state index in [1.165, 1.54) is 0 Å². The molecular formula is C27H31BrN2O6. The van der Waals surface area contributed by atoms with Crippen LogP contribution in [0.4, 0.5) is 5.69 Å². The summed E-state index contributed by atoms with van der Waals surface area (Å²) < 4.78 is 11.8. The molecule has 2 amide bonds. The number of amides is 2. The van der Waals surface area contributed by atoms with Crippen LogP contribution in [0, 0.1) is 11.8 Å². The Hall–Kier alpha value is -2.49. The van der Waals surface area contributed by atoms with Crippen molar-refractivity contribution in [3.05, 3.63) is 42.5 Å². The Kier molecular flexibility index (Phi) is 7.07. The number of ether oxygens (including phenoxy) is 2. The van der Waals surface area contributed by atoms with Crippen LogP contribution in [0.2, 0.25) is 0 Å². The summed E-state index contributed by atoms with van der Waals surface area (Å²) in [4.78, 5) is 42.0. The SMILES string of the molecule is CCOC(=O)[C@H]1[C@H]2C(=O)N(CCCCCO)C(C(=O)Nc3ccc4ccccc4c3)C23CC(Br)[C@@H]1O3. The highest BCUT2D eigenvalue weighted by molar-refractivity contribution is 9.09. The van der Waals surface area contributed by atoms with Crippen molar-refractivity contribution in [2.75, 3.05) is 25.1 Å². The number of unbranched alkanes of at least 4 members (excludes halogenated alkanes) is 2. The van der Waals surface area contributed by atoms with Crippen molar-refractivity contribution in [2.45, 2.75) is 55.2 Å². The van der Waals surface area contributed by atoms with Gasteiger partial charge in [0.15, 0.2) is 0 Å². The maximum absolute atomic E-state index is 13.9. The van der Waals surface area contributed by atoms with E-state index in [1.54, 1.807) is 11.8 Å². The number of likely N-dealkylation sites (tertiary alicyclic amines) is 1. The van der Waals surface area contributed by atoms with Crippen LogP contribution in [0.5, 0.6) is 0 Å². The van der Waals surface area contributed by atoms with Gasteiger partial charge in [0, 0.05) is 23.7 Å². The number of nitrogens with zero attached hydrogens (tertiary/aromatic N) is 1. The number of halogens is 1. The van der Waals surface area contributed by atoms with Gasteiger partial charge in [-0.15, -0.1) is 0 Å². The Morgan fingerprint density at radius 1 is 1.19 bits per heavy atom. The first kappa shape index (κ1) is 25.2. The number of alkyl halides is 1. The number of hydrogen-bond acceptors (Lipinski definition) is 6. The van der Waals surface area contributed by atoms with Crippen molar-refractivity contribution in [1.82, 2.24) is 4.90 Å². The van der Waals surface area contributed by atoms with Gasteiger partial charge in [-0.3, -0.25) is 14.4 Å². The second-order valence-electron chi connectivity index (χ2n) is 9.78. The standard InChI is InChI=1S/C27H31BrN2O6/c1-2-35-26(34)20-21-25(33)30(12-6-3-7-13-31)23(27(21)15-19(28)22(20)36-27)24(32)29-18-11-10-16-8-4-5-9-17(16)14-18/h4-5,8-11,14,19-23,31H,2-3,6-7,12-13,15H2,1H3,(H,29,32)/t19?,20-,21-,22-,23?,27?/m0/s1. The number of aliphatic hydroxyl groups excluding tert-OH is 1. The zero-order chi connectivity index (χ0) is 25.4. The molecule has 3 aliphatic heterocycles. The lowest BCUT2D eigenvalue weighted by molar-refractivity contribution is -0.154. The molecule has 5 rings (SSSR count). The van der Waals surface area contributed by atoms with Crippen molar-refractivity contribution in [1.29, 1.82) is 0 Å². The molecule has 3 heterocycles. The minimum atomic E-state index is -1.11. The third-order valence-corrected chi connectivity index (χ3v) is 8.52. The van der Waals surface area contributed by atoms with E-state index in [0.29, 0.717) is 31.5 Å². The molecule has 0 aromatic heterocycles. The summed E-state index contributed by atoms with van der Waals surface area (Å²) in [5.74, 6) is -2.54. The van der Waals surface area contributed by atoms with Crippen LogP contribution >= 0.6 is 15.9 Å². The molecule has 3 saturated heterocycles. The van der Waals surface area contributed by atoms with Crippen LogP contribution in [0.3, 0.4) is 0 Å². The van der Waals surface area contributed by atoms with Crippen molar-refractivity contribution >= 4 is 50.2 Å². The van der Waals surface area contributed by atoms with Crippen LogP contribution in [-0.4, -0.2) is 70.1 Å². The van der Waals surface area contributed by atoms with Crippen LogP contribution in [0.1, 0.15) is 32.6 Å². The van der Waals surface area contributed by atoms with E-state index >= 15 is 0 Å². The fourth-order valence-corrected chi connectivity index (χ4v) is 7.17. The average Bonchev–Trinajstić information content (AvgIpc) is 3.45. The number of carbonyl (C=O) groups is 3. The van der Waals surface area contributed by atoms with Gasteiger partial charge in [-0.05, 0) is 55.5 Å². The largest absolute Gasteiger partial charge is 0.466 e. The lowest BCUT2D eigenvalue weighted by atomic mass is 9.70. The fraction of sp³-hybridized carbons (Fsp3) is 0.519. The molecule has 0 aliphatic carbocycles. The molecule has 1 spiro atoms. The van der Waals surface area contributed by atoms with Gasteiger partial charge >= 0.3 is 5.97 Å². The summed E-state index contributed by atoms with van der Waals surface area (Å²) in [7, 11) is 0. The third kappa shape index (κ3) is 4.11. The van der Waals surface area contributed by atoms with E-state index in [2.05, 4.69) is 21.2 Å². The minimum Gasteiger partial charge on any atom is -0.466 e. The Labute approximate surface area is 218 Å². The zero-order valence-corrected chi connectivity index (χ0v) is 21.8. The molecular weight excluding hydrogens is 528 g/mol. The maximum Gasteiger partial charge on any atom is 0.312 e. The Morgan fingerprint density at radius 2 is 1.97 bits per heavy atom. The molecule has 3 fully saturated rings. The van der Waals surface area contributed by atoms with E-state index in [0.717, 1.165) is 17.2 Å². The first-order chi connectivity index (χ1) is 17.4. The topological polar surface area (TPSA) is 105 Å². The number of nitrogens with one attached hydrogen (secondary N) is 1. The van der Waals surface area contributed by atoms with Gasteiger partial charge < -0.3 is 24.8 Å². The number of hydrogen-bond donors (Lipinski definition) is 2. The summed E-state index contributed by atoms with van der Waals surface area (Å²) >= 11 is 3.65. The molecule has 36 heavy (non-hydrogen) atoms. The Morgan fingerprint density at radius 3 is 2.72 bits per heavy atom. The van der Waals surface area contributed by atoms with Gasteiger partial charge in [-0.2, -0.15) is 0 Å². The quantitative estimate of drug-likeness (QED) is 0.278. The molecule has 0 radical (unpaired) electrons. The third-order valence-electron chi connectivity index (χ3n) is 7.67. The number of rotatable bonds is 9. The van der Waals surface area contributed by atoms with Gasteiger partial charge in [0.2, 0.25) is 11.8 Å². The van der Waals surface area contributed by atoms with Crippen LogP contribution in [0.15, 0.2) is 42.5 Å². The molecule has 0 saturated carbocycles. The number of esters is 1.